The zero-order valence-corrected chi connectivity index (χ0v) is 39.6. The Labute approximate surface area is 398 Å². The van der Waals surface area contributed by atoms with Gasteiger partial charge in [0.1, 0.15) is 5.58 Å². The standard InChI is InChI=1S/C49H38N3O.C11H8N.Ir/c1-30(2)38-28-33(32-16-6-5-7-17-32)29-39(31(3)4)47(38)52-43-24-14-11-21-40(43)50-49(52)37-26-27-44(48-46(37)36-20-10-15-25-45(36)53-48)51-41-22-12-8-18-34(41)35-19-9-13-23-42(35)51;1-2-6-10(7-3-1)11-8-4-5-9-12-11;/h5-25,27-31H,1-4H3;1-6,8-9H;/q2*-1;. The Hall–Kier alpha value is -7.37. The maximum atomic E-state index is 6.90. The van der Waals surface area contributed by atoms with Crippen molar-refractivity contribution in [2.75, 3.05) is 0 Å². The molecule has 0 atom stereocenters. The number of imidazole rings is 1. The summed E-state index contributed by atoms with van der Waals surface area (Å²) in [6.45, 7) is 9.19. The Kier molecular flexibility index (Phi) is 11.5. The molecule has 0 saturated heterocycles. The molecule has 4 aromatic heterocycles. The van der Waals surface area contributed by atoms with Gasteiger partial charge >= 0.3 is 0 Å². The third-order valence-electron chi connectivity index (χ3n) is 12.4. The Morgan fingerprint density at radius 2 is 1.15 bits per heavy atom. The first-order valence-electron chi connectivity index (χ1n) is 22.4. The number of hydrogen-bond acceptors (Lipinski definition) is 3. The Bertz CT molecular complexity index is 3540. The van der Waals surface area contributed by atoms with Gasteiger partial charge in [-0.2, -0.15) is 0 Å². The monoisotopic (exact) mass is 1030 g/mol. The van der Waals surface area contributed by atoms with Gasteiger partial charge in [0.15, 0.2) is 0 Å². The maximum absolute atomic E-state index is 6.90. The quantitative estimate of drug-likeness (QED) is 0.149. The molecule has 0 spiro atoms. The molecule has 4 heterocycles. The van der Waals surface area contributed by atoms with E-state index in [0.717, 1.165) is 72.3 Å². The molecule has 0 saturated carbocycles. The smallest absolute Gasteiger partial charge is 0.123 e. The average Bonchev–Trinajstić information content (AvgIpc) is 4.05. The molecule has 12 aromatic rings. The van der Waals surface area contributed by atoms with Crippen molar-refractivity contribution in [2.45, 2.75) is 39.5 Å². The van der Waals surface area contributed by atoms with Crippen LogP contribution in [0.5, 0.6) is 0 Å². The first-order chi connectivity index (χ1) is 31.9. The Balaban J connectivity index is 0.000000342. The second-order valence-corrected chi connectivity index (χ2v) is 17.2. The van der Waals surface area contributed by atoms with E-state index < -0.39 is 0 Å². The van der Waals surface area contributed by atoms with Crippen molar-refractivity contribution in [2.24, 2.45) is 0 Å². The molecular weight excluding hydrogens is 985 g/mol. The summed E-state index contributed by atoms with van der Waals surface area (Å²) >= 11 is 0. The van der Waals surface area contributed by atoms with Gasteiger partial charge < -0.3 is 18.5 Å². The summed E-state index contributed by atoms with van der Waals surface area (Å²) in [7, 11) is 0. The van der Waals surface area contributed by atoms with Gasteiger partial charge in [-0.1, -0.05) is 148 Å². The molecule has 0 N–H and O–H groups in total. The van der Waals surface area contributed by atoms with Crippen LogP contribution in [0.2, 0.25) is 0 Å². The largest absolute Gasteiger partial charge is 0.474 e. The van der Waals surface area contributed by atoms with Crippen LogP contribution >= 0.6 is 0 Å². The summed E-state index contributed by atoms with van der Waals surface area (Å²) in [6, 6.07) is 72.3. The second kappa shape index (κ2) is 17.9. The molecule has 8 aromatic carbocycles. The van der Waals surface area contributed by atoms with Crippen LogP contribution in [-0.2, 0) is 20.1 Å². The number of benzene rings is 8. The van der Waals surface area contributed by atoms with Gasteiger partial charge in [0, 0.05) is 59.5 Å². The fourth-order valence-corrected chi connectivity index (χ4v) is 9.39. The molecule has 0 aliphatic rings. The Morgan fingerprint density at radius 3 is 1.80 bits per heavy atom. The third kappa shape index (κ3) is 7.43. The van der Waals surface area contributed by atoms with Crippen molar-refractivity contribution in [1.29, 1.82) is 0 Å². The van der Waals surface area contributed by atoms with E-state index >= 15 is 0 Å². The van der Waals surface area contributed by atoms with E-state index in [1.807, 2.05) is 48.5 Å². The molecule has 0 fully saturated rings. The molecular formula is C60H46IrN4O-2. The van der Waals surface area contributed by atoms with Crippen LogP contribution in [0.1, 0.15) is 50.7 Å². The second-order valence-electron chi connectivity index (χ2n) is 17.2. The fourth-order valence-electron chi connectivity index (χ4n) is 9.39. The maximum Gasteiger partial charge on any atom is 0.123 e. The van der Waals surface area contributed by atoms with Crippen molar-refractivity contribution in [3.8, 4) is 45.1 Å². The summed E-state index contributed by atoms with van der Waals surface area (Å²) in [4.78, 5) is 9.67. The van der Waals surface area contributed by atoms with Gasteiger partial charge in [-0.25, -0.2) is 0 Å². The average molecular weight is 1030 g/mol. The zero-order chi connectivity index (χ0) is 44.0. The summed E-state index contributed by atoms with van der Waals surface area (Å²) in [5.74, 6) is 1.38. The van der Waals surface area contributed by atoms with Crippen LogP contribution in [0.15, 0.2) is 199 Å². The number of fused-ring (bicyclic) bond motifs is 7. The molecule has 0 unspecified atom stereocenters. The van der Waals surface area contributed by atoms with Crippen LogP contribution in [0.3, 0.4) is 0 Å². The number of para-hydroxylation sites is 5. The molecule has 0 bridgehead atoms. The van der Waals surface area contributed by atoms with Crippen molar-refractivity contribution in [1.82, 2.24) is 19.1 Å². The zero-order valence-electron chi connectivity index (χ0n) is 37.2. The number of furan rings is 1. The number of nitrogens with zero attached hydrogens (tertiary/aromatic N) is 4. The van der Waals surface area contributed by atoms with Crippen LogP contribution in [-0.4, -0.2) is 19.1 Å². The van der Waals surface area contributed by atoms with Crippen LogP contribution < -0.4 is 0 Å². The summed E-state index contributed by atoms with van der Waals surface area (Å²) in [5, 5.41) is 4.47. The van der Waals surface area contributed by atoms with Gasteiger partial charge in [-0.3, -0.25) is 4.98 Å². The Morgan fingerprint density at radius 1 is 0.545 bits per heavy atom. The van der Waals surface area contributed by atoms with Crippen molar-refractivity contribution >= 4 is 54.8 Å². The molecule has 12 rings (SSSR count). The number of pyridine rings is 1. The first-order valence-corrected chi connectivity index (χ1v) is 22.4. The van der Waals surface area contributed by atoms with Gasteiger partial charge in [0.2, 0.25) is 0 Å². The molecule has 1 radical (unpaired) electrons. The van der Waals surface area contributed by atoms with Gasteiger partial charge in [-0.05, 0) is 93.7 Å². The number of hydrogen-bond donors (Lipinski definition) is 0. The molecule has 0 aliphatic heterocycles. The minimum atomic E-state index is 0. The topological polar surface area (TPSA) is 48.8 Å². The van der Waals surface area contributed by atoms with Crippen LogP contribution in [0, 0.1) is 12.1 Å². The van der Waals surface area contributed by atoms with E-state index in [1.165, 1.54) is 38.7 Å². The number of aromatic nitrogens is 4. The predicted octanol–water partition coefficient (Wildman–Crippen LogP) is 15.9. The molecule has 6 heteroatoms. The fraction of sp³-hybridized carbons (Fsp3) is 0.100. The first kappa shape index (κ1) is 42.6. The van der Waals surface area contributed by atoms with E-state index in [2.05, 4.69) is 193 Å². The van der Waals surface area contributed by atoms with Gasteiger partial charge in [-0.15, -0.1) is 48.0 Å². The molecule has 0 aliphatic carbocycles. The third-order valence-corrected chi connectivity index (χ3v) is 12.4. The molecule has 323 valence electrons. The van der Waals surface area contributed by atoms with Gasteiger partial charge in [0.25, 0.3) is 0 Å². The normalized spacial score (nSPS) is 11.5. The summed E-state index contributed by atoms with van der Waals surface area (Å²) in [5.41, 5.74) is 16.0. The van der Waals surface area contributed by atoms with E-state index in [0.29, 0.717) is 0 Å². The SMILES string of the molecule is CC(C)c1cc(-c2ccccc2)cc(C(C)C)c1-n1c(-c2[c-]cc(-n3c4ccccc4c4ccccc43)c3oc4ccccc4c23)nc2ccccc21.[Ir].[c-]1ccccc1-c1ccccn1. The van der Waals surface area contributed by atoms with E-state index in [-0.39, 0.29) is 31.9 Å². The minimum Gasteiger partial charge on any atom is -0.474 e. The van der Waals surface area contributed by atoms with E-state index in [9.17, 15) is 0 Å². The molecule has 66 heavy (non-hydrogen) atoms. The van der Waals surface area contributed by atoms with E-state index in [1.54, 1.807) is 6.20 Å². The van der Waals surface area contributed by atoms with Crippen molar-refractivity contribution in [3.05, 3.63) is 218 Å². The summed E-state index contributed by atoms with van der Waals surface area (Å²) in [6.07, 6.45) is 1.79. The van der Waals surface area contributed by atoms with Crippen molar-refractivity contribution in [3.63, 3.8) is 0 Å². The molecule has 0 amide bonds. The van der Waals surface area contributed by atoms with Crippen LogP contribution in [0.25, 0.3) is 99.9 Å². The predicted molar refractivity (Wildman–Crippen MR) is 269 cm³/mol. The minimum absolute atomic E-state index is 0. The number of rotatable bonds is 7. The van der Waals surface area contributed by atoms with Gasteiger partial charge in [0.05, 0.1) is 22.4 Å². The summed E-state index contributed by atoms with van der Waals surface area (Å²) < 4.78 is 11.6. The van der Waals surface area contributed by atoms with Crippen LogP contribution in [0.4, 0.5) is 0 Å². The molecule has 5 nitrogen and oxygen atoms in total. The van der Waals surface area contributed by atoms with E-state index in [4.69, 9.17) is 9.40 Å². The van der Waals surface area contributed by atoms with Crippen molar-refractivity contribution < 1.29 is 24.5 Å².